The topological polar surface area (TPSA) is 84.2 Å². The Kier molecular flexibility index (Phi) is 9.45. The molecule has 0 aliphatic rings. The van der Waals surface area contributed by atoms with Crippen LogP contribution in [0.3, 0.4) is 0 Å². The summed E-state index contributed by atoms with van der Waals surface area (Å²) < 4.78 is 0. The van der Waals surface area contributed by atoms with E-state index in [2.05, 4.69) is 10.6 Å². The van der Waals surface area contributed by atoms with E-state index in [-0.39, 0.29) is 24.2 Å². The Morgan fingerprint density at radius 1 is 1.18 bits per heavy atom. The van der Waals surface area contributed by atoms with E-state index < -0.39 is 6.04 Å². The summed E-state index contributed by atoms with van der Waals surface area (Å²) >= 11 is 0. The van der Waals surface area contributed by atoms with Crippen LogP contribution in [-0.2, 0) is 4.79 Å². The van der Waals surface area contributed by atoms with Crippen LogP contribution in [0.5, 0.6) is 0 Å². The molecule has 5 nitrogen and oxygen atoms in total. The molecule has 1 aromatic carbocycles. The molecular weight excluding hydrogens is 302 g/mol. The van der Waals surface area contributed by atoms with Crippen molar-refractivity contribution in [2.75, 3.05) is 11.9 Å². The number of halogens is 1. The maximum atomic E-state index is 11.9. The Morgan fingerprint density at radius 3 is 2.27 bits per heavy atom. The molecule has 0 aromatic heterocycles. The van der Waals surface area contributed by atoms with E-state index in [0.29, 0.717) is 30.1 Å². The van der Waals surface area contributed by atoms with Gasteiger partial charge in [0.05, 0.1) is 6.04 Å². The van der Waals surface area contributed by atoms with Gasteiger partial charge in [-0.25, -0.2) is 0 Å². The Hall–Kier alpha value is -1.59. The predicted octanol–water partition coefficient (Wildman–Crippen LogP) is 2.56. The van der Waals surface area contributed by atoms with Gasteiger partial charge in [-0.05, 0) is 43.0 Å². The fraction of sp³-hybridized carbons (Fsp3) is 0.500. The van der Waals surface area contributed by atoms with Gasteiger partial charge in [-0.3, -0.25) is 9.59 Å². The lowest BCUT2D eigenvalue weighted by atomic mass is 10.0. The fourth-order valence-electron chi connectivity index (χ4n) is 1.90. The molecular formula is C16H26ClN3O2. The number of rotatable bonds is 7. The minimum Gasteiger partial charge on any atom is -0.352 e. The van der Waals surface area contributed by atoms with Crippen LogP contribution < -0.4 is 16.4 Å². The molecule has 0 aliphatic carbocycles. The van der Waals surface area contributed by atoms with Gasteiger partial charge in [-0.1, -0.05) is 20.8 Å². The maximum absolute atomic E-state index is 11.9. The van der Waals surface area contributed by atoms with Crippen molar-refractivity contribution in [1.29, 1.82) is 0 Å². The number of carbonyl (C=O) groups excluding carboxylic acids is 2. The first-order chi connectivity index (χ1) is 9.93. The molecule has 124 valence electrons. The summed E-state index contributed by atoms with van der Waals surface area (Å²) in [6, 6.07) is 6.28. The molecule has 22 heavy (non-hydrogen) atoms. The van der Waals surface area contributed by atoms with Crippen LogP contribution in [0.15, 0.2) is 24.3 Å². The summed E-state index contributed by atoms with van der Waals surface area (Å²) in [6.45, 7) is 6.70. The smallest absolute Gasteiger partial charge is 0.251 e. The van der Waals surface area contributed by atoms with E-state index in [9.17, 15) is 9.59 Å². The number of nitrogens with two attached hydrogens (primary N) is 1. The summed E-state index contributed by atoms with van der Waals surface area (Å²) in [6.07, 6.45) is 1.54. The Labute approximate surface area is 138 Å². The molecule has 0 bridgehead atoms. The van der Waals surface area contributed by atoms with Crippen LogP contribution in [0.2, 0.25) is 0 Å². The number of benzene rings is 1. The highest BCUT2D eigenvalue weighted by Crippen LogP contribution is 2.11. The zero-order chi connectivity index (χ0) is 15.8. The zero-order valence-corrected chi connectivity index (χ0v) is 14.2. The molecule has 0 unspecified atom stereocenters. The van der Waals surface area contributed by atoms with E-state index in [1.54, 1.807) is 24.3 Å². The van der Waals surface area contributed by atoms with Gasteiger partial charge >= 0.3 is 0 Å². The van der Waals surface area contributed by atoms with Gasteiger partial charge in [0.15, 0.2) is 0 Å². The molecule has 0 radical (unpaired) electrons. The second kappa shape index (κ2) is 10.2. The van der Waals surface area contributed by atoms with Gasteiger partial charge in [0.1, 0.15) is 0 Å². The van der Waals surface area contributed by atoms with Gasteiger partial charge in [0.25, 0.3) is 5.91 Å². The van der Waals surface area contributed by atoms with Gasteiger partial charge in [0, 0.05) is 17.8 Å². The molecule has 2 amide bonds. The number of hydrogen-bond donors (Lipinski definition) is 3. The minimum absolute atomic E-state index is 0. The van der Waals surface area contributed by atoms with Gasteiger partial charge in [-0.15, -0.1) is 12.4 Å². The predicted molar refractivity (Wildman–Crippen MR) is 92.4 cm³/mol. The van der Waals surface area contributed by atoms with Crippen molar-refractivity contribution in [3.05, 3.63) is 29.8 Å². The Balaban J connectivity index is 0.00000441. The normalized spacial score (nSPS) is 11.5. The summed E-state index contributed by atoms with van der Waals surface area (Å²) in [4.78, 5) is 23.6. The van der Waals surface area contributed by atoms with Crippen LogP contribution in [0, 0.1) is 5.92 Å². The number of anilines is 1. The van der Waals surface area contributed by atoms with E-state index in [4.69, 9.17) is 5.73 Å². The van der Waals surface area contributed by atoms with Crippen molar-refractivity contribution in [3.63, 3.8) is 0 Å². The van der Waals surface area contributed by atoms with Crippen molar-refractivity contribution >= 4 is 29.9 Å². The highest BCUT2D eigenvalue weighted by atomic mass is 35.5. The maximum Gasteiger partial charge on any atom is 0.251 e. The van der Waals surface area contributed by atoms with Crippen molar-refractivity contribution in [3.8, 4) is 0 Å². The third-order valence-corrected chi connectivity index (χ3v) is 3.01. The molecule has 1 rings (SSSR count). The molecule has 0 saturated carbocycles. The SMILES string of the molecule is CCCNC(=O)c1ccc(NC(=O)[C@@H](N)CC(C)C)cc1.Cl. The van der Waals surface area contributed by atoms with Gasteiger partial charge in [0.2, 0.25) is 5.91 Å². The quantitative estimate of drug-likeness (QED) is 0.719. The standard InChI is InChI=1S/C16H25N3O2.ClH/c1-4-9-18-15(20)12-5-7-13(8-6-12)19-16(21)14(17)10-11(2)3;/h5-8,11,14H,4,9-10,17H2,1-3H3,(H,18,20)(H,19,21);1H/t14-;/m0./s1. The summed E-state index contributed by atoms with van der Waals surface area (Å²) in [5.74, 6) is 0.0634. The second-order valence-corrected chi connectivity index (χ2v) is 5.56. The van der Waals surface area contributed by atoms with Crippen LogP contribution in [0.25, 0.3) is 0 Å². The Morgan fingerprint density at radius 2 is 1.77 bits per heavy atom. The highest BCUT2D eigenvalue weighted by molar-refractivity contribution is 5.97. The summed E-state index contributed by atoms with van der Waals surface area (Å²) in [7, 11) is 0. The molecule has 0 saturated heterocycles. The molecule has 0 fully saturated rings. The van der Waals surface area contributed by atoms with E-state index in [0.717, 1.165) is 6.42 Å². The zero-order valence-electron chi connectivity index (χ0n) is 13.4. The molecule has 4 N–H and O–H groups in total. The first-order valence-electron chi connectivity index (χ1n) is 7.38. The van der Waals surface area contributed by atoms with Crippen molar-refractivity contribution in [2.45, 2.75) is 39.7 Å². The molecule has 1 aromatic rings. The average Bonchev–Trinajstić information content (AvgIpc) is 2.44. The van der Waals surface area contributed by atoms with E-state index in [1.807, 2.05) is 20.8 Å². The number of hydrogen-bond acceptors (Lipinski definition) is 3. The van der Waals surface area contributed by atoms with Crippen LogP contribution in [-0.4, -0.2) is 24.4 Å². The largest absolute Gasteiger partial charge is 0.352 e. The molecule has 0 spiro atoms. The fourth-order valence-corrected chi connectivity index (χ4v) is 1.90. The molecule has 0 heterocycles. The number of carbonyl (C=O) groups is 2. The monoisotopic (exact) mass is 327 g/mol. The number of nitrogens with one attached hydrogen (secondary N) is 2. The van der Waals surface area contributed by atoms with Crippen LogP contribution in [0.4, 0.5) is 5.69 Å². The van der Waals surface area contributed by atoms with Crippen LogP contribution >= 0.6 is 12.4 Å². The molecule has 1 atom stereocenters. The van der Waals surface area contributed by atoms with Crippen molar-refractivity contribution in [2.24, 2.45) is 11.7 Å². The van der Waals surface area contributed by atoms with Crippen molar-refractivity contribution < 1.29 is 9.59 Å². The Bertz CT molecular complexity index is 475. The summed E-state index contributed by atoms with van der Waals surface area (Å²) in [5, 5.41) is 5.56. The lowest BCUT2D eigenvalue weighted by Gasteiger charge is -2.14. The van der Waals surface area contributed by atoms with Crippen LogP contribution in [0.1, 0.15) is 44.0 Å². The first-order valence-corrected chi connectivity index (χ1v) is 7.38. The molecule has 0 aliphatic heterocycles. The lowest BCUT2D eigenvalue weighted by molar-refractivity contribution is -0.117. The second-order valence-electron chi connectivity index (χ2n) is 5.56. The summed E-state index contributed by atoms with van der Waals surface area (Å²) in [5.41, 5.74) is 7.04. The third kappa shape index (κ3) is 6.91. The van der Waals surface area contributed by atoms with Gasteiger partial charge in [-0.2, -0.15) is 0 Å². The molecule has 6 heteroatoms. The average molecular weight is 328 g/mol. The number of amides is 2. The highest BCUT2D eigenvalue weighted by Gasteiger charge is 2.15. The van der Waals surface area contributed by atoms with Gasteiger partial charge < -0.3 is 16.4 Å². The first kappa shape index (κ1) is 20.4. The lowest BCUT2D eigenvalue weighted by Crippen LogP contribution is -2.36. The third-order valence-electron chi connectivity index (χ3n) is 3.01. The van der Waals surface area contributed by atoms with Crippen molar-refractivity contribution in [1.82, 2.24) is 5.32 Å². The van der Waals surface area contributed by atoms with E-state index in [1.165, 1.54) is 0 Å². The van der Waals surface area contributed by atoms with E-state index >= 15 is 0 Å². The minimum atomic E-state index is -0.516.